The molecule has 2 aromatic rings. The van der Waals surface area contributed by atoms with Crippen molar-refractivity contribution < 1.29 is 14.0 Å². The van der Waals surface area contributed by atoms with Crippen molar-refractivity contribution in [3.05, 3.63) is 53.4 Å². The number of halogens is 1. The fourth-order valence-electron chi connectivity index (χ4n) is 2.81. The second kappa shape index (κ2) is 7.72. The number of nitrogens with zero attached hydrogens (tertiary/aromatic N) is 2. The standard InChI is InChI=1S/C18H20ClN3O3/c1-13(17(23)20-15-6-4-14(19)5-7-15)21-8-10-22(11-9-21)18(24)16-3-2-12-25-16/h2-7,12-13H,8-11H2,1H3,(H,20,23). The Bertz CT molecular complexity index is 723. The highest BCUT2D eigenvalue weighted by Crippen LogP contribution is 2.15. The Labute approximate surface area is 151 Å². The minimum absolute atomic E-state index is 0.0758. The summed E-state index contributed by atoms with van der Waals surface area (Å²) in [5.74, 6) is 0.165. The molecular weight excluding hydrogens is 342 g/mol. The summed E-state index contributed by atoms with van der Waals surface area (Å²) in [6, 6.07) is 10.1. The molecule has 3 rings (SSSR count). The van der Waals surface area contributed by atoms with E-state index in [0.29, 0.717) is 42.6 Å². The van der Waals surface area contributed by atoms with Gasteiger partial charge in [-0.3, -0.25) is 14.5 Å². The van der Waals surface area contributed by atoms with Gasteiger partial charge in [-0.25, -0.2) is 0 Å². The molecule has 1 aromatic carbocycles. The molecule has 2 heterocycles. The molecule has 0 saturated carbocycles. The minimum Gasteiger partial charge on any atom is -0.459 e. The Morgan fingerprint density at radius 2 is 1.80 bits per heavy atom. The van der Waals surface area contributed by atoms with E-state index in [0.717, 1.165) is 0 Å². The van der Waals surface area contributed by atoms with Crippen molar-refractivity contribution >= 4 is 29.1 Å². The molecule has 1 unspecified atom stereocenters. The lowest BCUT2D eigenvalue weighted by Gasteiger charge is -2.37. The third kappa shape index (κ3) is 4.21. The Hall–Kier alpha value is -2.31. The van der Waals surface area contributed by atoms with Gasteiger partial charge in [-0.05, 0) is 43.3 Å². The van der Waals surface area contributed by atoms with Crippen LogP contribution in [-0.4, -0.2) is 53.8 Å². The molecule has 1 aromatic heterocycles. The zero-order valence-electron chi connectivity index (χ0n) is 13.9. The molecular formula is C18H20ClN3O3. The van der Waals surface area contributed by atoms with Crippen LogP contribution in [0.3, 0.4) is 0 Å². The van der Waals surface area contributed by atoms with Gasteiger partial charge in [0.25, 0.3) is 5.91 Å². The molecule has 1 aliphatic heterocycles. The molecule has 1 atom stereocenters. The summed E-state index contributed by atoms with van der Waals surface area (Å²) in [6.07, 6.45) is 1.49. The Morgan fingerprint density at radius 1 is 1.12 bits per heavy atom. The summed E-state index contributed by atoms with van der Waals surface area (Å²) >= 11 is 5.85. The first-order valence-corrected chi connectivity index (χ1v) is 8.55. The summed E-state index contributed by atoms with van der Waals surface area (Å²) in [5, 5.41) is 3.52. The SMILES string of the molecule is CC(C(=O)Nc1ccc(Cl)cc1)N1CCN(C(=O)c2ccco2)CC1. The highest BCUT2D eigenvalue weighted by molar-refractivity contribution is 6.30. The molecule has 1 fully saturated rings. The second-order valence-electron chi connectivity index (χ2n) is 5.98. The van der Waals surface area contributed by atoms with Gasteiger partial charge in [0.1, 0.15) is 0 Å². The highest BCUT2D eigenvalue weighted by Gasteiger charge is 2.28. The normalized spacial score (nSPS) is 16.5. The molecule has 132 valence electrons. The quantitative estimate of drug-likeness (QED) is 0.909. The zero-order chi connectivity index (χ0) is 17.8. The van der Waals surface area contributed by atoms with E-state index >= 15 is 0 Å². The van der Waals surface area contributed by atoms with Gasteiger partial charge in [0, 0.05) is 36.9 Å². The number of benzene rings is 1. The average molecular weight is 362 g/mol. The van der Waals surface area contributed by atoms with Crippen molar-refractivity contribution in [1.29, 1.82) is 0 Å². The number of hydrogen-bond acceptors (Lipinski definition) is 4. The van der Waals surface area contributed by atoms with E-state index in [1.165, 1.54) is 6.26 Å². The van der Waals surface area contributed by atoms with Crippen LogP contribution < -0.4 is 5.32 Å². The van der Waals surface area contributed by atoms with Crippen LogP contribution in [0.5, 0.6) is 0 Å². The smallest absolute Gasteiger partial charge is 0.289 e. The fourth-order valence-corrected chi connectivity index (χ4v) is 2.94. The monoisotopic (exact) mass is 361 g/mol. The van der Waals surface area contributed by atoms with E-state index in [9.17, 15) is 9.59 Å². The third-order valence-electron chi connectivity index (χ3n) is 4.37. The number of piperazine rings is 1. The molecule has 2 amide bonds. The van der Waals surface area contributed by atoms with E-state index < -0.39 is 0 Å². The first kappa shape index (κ1) is 17.5. The number of nitrogens with one attached hydrogen (secondary N) is 1. The lowest BCUT2D eigenvalue weighted by molar-refractivity contribution is -0.121. The van der Waals surface area contributed by atoms with Crippen LogP contribution >= 0.6 is 11.6 Å². The van der Waals surface area contributed by atoms with Gasteiger partial charge in [-0.15, -0.1) is 0 Å². The number of anilines is 1. The van der Waals surface area contributed by atoms with Crippen molar-refractivity contribution in [1.82, 2.24) is 9.80 Å². The first-order valence-electron chi connectivity index (χ1n) is 8.18. The van der Waals surface area contributed by atoms with E-state index in [-0.39, 0.29) is 17.9 Å². The van der Waals surface area contributed by atoms with Gasteiger partial charge >= 0.3 is 0 Å². The topological polar surface area (TPSA) is 65.8 Å². The van der Waals surface area contributed by atoms with Gasteiger partial charge in [0.05, 0.1) is 12.3 Å². The van der Waals surface area contributed by atoms with E-state index in [1.807, 2.05) is 6.92 Å². The van der Waals surface area contributed by atoms with Gasteiger partial charge in [-0.1, -0.05) is 11.6 Å². The summed E-state index contributed by atoms with van der Waals surface area (Å²) < 4.78 is 5.16. The van der Waals surface area contributed by atoms with Crippen LogP contribution in [0.25, 0.3) is 0 Å². The van der Waals surface area contributed by atoms with E-state index in [4.69, 9.17) is 16.0 Å². The van der Waals surface area contributed by atoms with Crippen LogP contribution in [0.4, 0.5) is 5.69 Å². The van der Waals surface area contributed by atoms with Crippen LogP contribution in [0.1, 0.15) is 17.5 Å². The lowest BCUT2D eigenvalue weighted by Crippen LogP contribution is -2.54. The lowest BCUT2D eigenvalue weighted by atomic mass is 10.2. The summed E-state index contributed by atoms with van der Waals surface area (Å²) in [5.41, 5.74) is 0.716. The Kier molecular flexibility index (Phi) is 5.40. The molecule has 1 N–H and O–H groups in total. The number of hydrogen-bond donors (Lipinski definition) is 1. The fraction of sp³-hybridized carbons (Fsp3) is 0.333. The average Bonchev–Trinajstić information content (AvgIpc) is 3.17. The first-order chi connectivity index (χ1) is 12.0. The molecule has 0 radical (unpaired) electrons. The Morgan fingerprint density at radius 3 is 2.40 bits per heavy atom. The number of carbonyl (C=O) groups is 2. The molecule has 0 spiro atoms. The molecule has 6 nitrogen and oxygen atoms in total. The summed E-state index contributed by atoms with van der Waals surface area (Å²) in [4.78, 5) is 28.5. The van der Waals surface area contributed by atoms with Crippen molar-refractivity contribution in [3.8, 4) is 0 Å². The maximum Gasteiger partial charge on any atom is 0.289 e. The van der Waals surface area contributed by atoms with Crippen molar-refractivity contribution in [2.24, 2.45) is 0 Å². The number of rotatable bonds is 4. The predicted octanol–water partition coefficient (Wildman–Crippen LogP) is 2.72. The van der Waals surface area contributed by atoms with Crippen LogP contribution in [0.15, 0.2) is 47.1 Å². The van der Waals surface area contributed by atoms with Gasteiger partial charge in [-0.2, -0.15) is 0 Å². The van der Waals surface area contributed by atoms with Crippen molar-refractivity contribution in [2.75, 3.05) is 31.5 Å². The Balaban J connectivity index is 1.52. The maximum atomic E-state index is 12.4. The van der Waals surface area contributed by atoms with E-state index in [1.54, 1.807) is 41.3 Å². The number of furan rings is 1. The van der Waals surface area contributed by atoms with Crippen LogP contribution in [0.2, 0.25) is 5.02 Å². The van der Waals surface area contributed by atoms with Gasteiger partial charge in [0.15, 0.2) is 5.76 Å². The molecule has 1 aliphatic rings. The summed E-state index contributed by atoms with van der Waals surface area (Å²) in [6.45, 7) is 4.29. The molecule has 0 bridgehead atoms. The largest absolute Gasteiger partial charge is 0.459 e. The van der Waals surface area contributed by atoms with Crippen LogP contribution in [0, 0.1) is 0 Å². The number of amides is 2. The van der Waals surface area contributed by atoms with Gasteiger partial charge < -0.3 is 14.6 Å². The minimum atomic E-state index is -0.281. The molecule has 25 heavy (non-hydrogen) atoms. The molecule has 1 saturated heterocycles. The predicted molar refractivity (Wildman–Crippen MR) is 95.7 cm³/mol. The summed E-state index contributed by atoms with van der Waals surface area (Å²) in [7, 11) is 0. The molecule has 0 aliphatic carbocycles. The zero-order valence-corrected chi connectivity index (χ0v) is 14.7. The van der Waals surface area contributed by atoms with Crippen LogP contribution in [-0.2, 0) is 4.79 Å². The maximum absolute atomic E-state index is 12.4. The third-order valence-corrected chi connectivity index (χ3v) is 4.62. The van der Waals surface area contributed by atoms with Gasteiger partial charge in [0.2, 0.25) is 5.91 Å². The molecule has 7 heteroatoms. The van der Waals surface area contributed by atoms with Crippen molar-refractivity contribution in [2.45, 2.75) is 13.0 Å². The second-order valence-corrected chi connectivity index (χ2v) is 6.41. The van der Waals surface area contributed by atoms with Crippen molar-refractivity contribution in [3.63, 3.8) is 0 Å². The highest BCUT2D eigenvalue weighted by atomic mass is 35.5. The number of carbonyl (C=O) groups excluding carboxylic acids is 2. The van der Waals surface area contributed by atoms with E-state index in [2.05, 4.69) is 10.2 Å².